The second-order valence-corrected chi connectivity index (χ2v) is 8.84. The fourth-order valence-corrected chi connectivity index (χ4v) is 4.62. The second-order valence-electron chi connectivity index (χ2n) is 8.84. The number of hydrogen-bond acceptors (Lipinski definition) is 3. The molecule has 4 nitrogen and oxygen atoms in total. The Balaban J connectivity index is 1.24. The van der Waals surface area contributed by atoms with Crippen LogP contribution >= 0.6 is 0 Å². The van der Waals surface area contributed by atoms with Crippen molar-refractivity contribution in [2.75, 3.05) is 18.0 Å². The third-order valence-corrected chi connectivity index (χ3v) is 6.53. The number of benzene rings is 2. The van der Waals surface area contributed by atoms with Gasteiger partial charge in [0.2, 0.25) is 0 Å². The first kappa shape index (κ1) is 22.6. The maximum Gasteiger partial charge on any atom is 0.416 e. The SMILES string of the molecule is O=C(NC1CCCC1)c1ccc(N2CCC(NCc3cccc(C(F)(F)F)c3)CC2)cc1. The van der Waals surface area contributed by atoms with E-state index in [1.54, 1.807) is 6.07 Å². The molecule has 0 atom stereocenters. The molecule has 0 aromatic heterocycles. The minimum absolute atomic E-state index is 0.000880. The second kappa shape index (κ2) is 9.94. The van der Waals surface area contributed by atoms with E-state index in [9.17, 15) is 18.0 Å². The molecule has 0 bridgehead atoms. The third-order valence-electron chi connectivity index (χ3n) is 6.53. The van der Waals surface area contributed by atoms with Gasteiger partial charge in [-0.25, -0.2) is 0 Å². The standard InChI is InChI=1S/C25H30F3N3O/c26-25(27,28)20-5-3-4-18(16-20)17-29-21-12-14-31(15-13-21)23-10-8-19(9-11-23)24(32)30-22-6-1-2-7-22/h3-5,8-11,16,21-22,29H,1-2,6-7,12-15,17H2,(H,30,32). The Morgan fingerprint density at radius 2 is 1.62 bits per heavy atom. The molecule has 32 heavy (non-hydrogen) atoms. The van der Waals surface area contributed by atoms with Crippen LogP contribution in [0.15, 0.2) is 48.5 Å². The van der Waals surface area contributed by atoms with Crippen LogP contribution in [0.4, 0.5) is 18.9 Å². The van der Waals surface area contributed by atoms with Crippen molar-refractivity contribution in [2.45, 2.75) is 63.3 Å². The number of alkyl halides is 3. The predicted octanol–water partition coefficient (Wildman–Crippen LogP) is 5.14. The summed E-state index contributed by atoms with van der Waals surface area (Å²) in [6.45, 7) is 2.17. The van der Waals surface area contributed by atoms with Crippen molar-refractivity contribution in [2.24, 2.45) is 0 Å². The van der Waals surface area contributed by atoms with Crippen molar-refractivity contribution < 1.29 is 18.0 Å². The van der Waals surface area contributed by atoms with Gasteiger partial charge in [-0.05, 0) is 61.6 Å². The van der Waals surface area contributed by atoms with Gasteiger partial charge in [-0.1, -0.05) is 31.0 Å². The molecular weight excluding hydrogens is 415 g/mol. The van der Waals surface area contributed by atoms with Gasteiger partial charge in [0, 0.05) is 43.0 Å². The van der Waals surface area contributed by atoms with Crippen LogP contribution in [0, 0.1) is 0 Å². The summed E-state index contributed by atoms with van der Waals surface area (Å²) in [6.07, 6.45) is 2.05. The molecule has 7 heteroatoms. The summed E-state index contributed by atoms with van der Waals surface area (Å²) in [5.41, 5.74) is 1.83. The Morgan fingerprint density at radius 3 is 2.28 bits per heavy atom. The van der Waals surface area contributed by atoms with Crippen molar-refractivity contribution >= 4 is 11.6 Å². The lowest BCUT2D eigenvalue weighted by Crippen LogP contribution is -2.42. The molecule has 1 saturated heterocycles. The van der Waals surface area contributed by atoms with E-state index in [1.807, 2.05) is 24.3 Å². The number of nitrogens with one attached hydrogen (secondary N) is 2. The Bertz CT molecular complexity index is 899. The molecule has 1 heterocycles. The molecule has 0 radical (unpaired) electrons. The number of hydrogen-bond donors (Lipinski definition) is 2. The molecule has 2 aromatic rings. The first-order chi connectivity index (χ1) is 15.4. The number of piperidine rings is 1. The van der Waals surface area contributed by atoms with Gasteiger partial charge in [0.15, 0.2) is 0 Å². The van der Waals surface area contributed by atoms with Gasteiger partial charge in [0.25, 0.3) is 5.91 Å². The summed E-state index contributed by atoms with van der Waals surface area (Å²) in [7, 11) is 0. The van der Waals surface area contributed by atoms with Crippen LogP contribution in [0.3, 0.4) is 0 Å². The van der Waals surface area contributed by atoms with Crippen molar-refractivity contribution in [1.82, 2.24) is 10.6 Å². The van der Waals surface area contributed by atoms with Crippen LogP contribution in [-0.4, -0.2) is 31.1 Å². The molecule has 2 N–H and O–H groups in total. The van der Waals surface area contributed by atoms with Gasteiger partial charge in [0.1, 0.15) is 0 Å². The van der Waals surface area contributed by atoms with Gasteiger partial charge in [-0.2, -0.15) is 13.2 Å². The van der Waals surface area contributed by atoms with Gasteiger partial charge in [0.05, 0.1) is 5.56 Å². The van der Waals surface area contributed by atoms with E-state index in [1.165, 1.54) is 25.0 Å². The third kappa shape index (κ3) is 5.82. The van der Waals surface area contributed by atoms with E-state index in [2.05, 4.69) is 15.5 Å². The van der Waals surface area contributed by atoms with Crippen molar-refractivity contribution in [3.63, 3.8) is 0 Å². The first-order valence-corrected chi connectivity index (χ1v) is 11.4. The fourth-order valence-electron chi connectivity index (χ4n) is 4.62. The van der Waals surface area contributed by atoms with Crippen molar-refractivity contribution in [3.8, 4) is 0 Å². The number of anilines is 1. The van der Waals surface area contributed by atoms with Crippen LogP contribution in [0.5, 0.6) is 0 Å². The highest BCUT2D eigenvalue weighted by Gasteiger charge is 2.30. The van der Waals surface area contributed by atoms with E-state index in [0.717, 1.165) is 50.5 Å². The highest BCUT2D eigenvalue weighted by Crippen LogP contribution is 2.29. The smallest absolute Gasteiger partial charge is 0.371 e. The van der Waals surface area contributed by atoms with Crippen LogP contribution in [0.1, 0.15) is 60.0 Å². The van der Waals surface area contributed by atoms with Crippen LogP contribution < -0.4 is 15.5 Å². The van der Waals surface area contributed by atoms with Gasteiger partial charge in [-0.15, -0.1) is 0 Å². The van der Waals surface area contributed by atoms with Gasteiger partial charge in [-0.3, -0.25) is 4.79 Å². The van der Waals surface area contributed by atoms with E-state index >= 15 is 0 Å². The number of nitrogens with zero attached hydrogens (tertiary/aromatic N) is 1. The molecule has 2 aromatic carbocycles. The van der Waals surface area contributed by atoms with Gasteiger partial charge >= 0.3 is 6.18 Å². The summed E-state index contributed by atoms with van der Waals surface area (Å²) in [4.78, 5) is 14.7. The number of carbonyl (C=O) groups is 1. The highest BCUT2D eigenvalue weighted by atomic mass is 19.4. The quantitative estimate of drug-likeness (QED) is 0.648. The lowest BCUT2D eigenvalue weighted by molar-refractivity contribution is -0.137. The molecule has 2 aliphatic rings. The number of halogens is 3. The van der Waals surface area contributed by atoms with Gasteiger partial charge < -0.3 is 15.5 Å². The highest BCUT2D eigenvalue weighted by molar-refractivity contribution is 5.94. The van der Waals surface area contributed by atoms with Crippen LogP contribution in [0.25, 0.3) is 0 Å². The number of carbonyl (C=O) groups excluding carboxylic acids is 1. The predicted molar refractivity (Wildman–Crippen MR) is 120 cm³/mol. The first-order valence-electron chi connectivity index (χ1n) is 11.4. The molecular formula is C25H30F3N3O. The molecule has 1 aliphatic carbocycles. The minimum atomic E-state index is -4.31. The summed E-state index contributed by atoms with van der Waals surface area (Å²) in [5, 5.41) is 6.52. The summed E-state index contributed by atoms with van der Waals surface area (Å²) < 4.78 is 38.6. The normalized spacial score (nSPS) is 18.2. The maximum absolute atomic E-state index is 12.9. The van der Waals surface area contributed by atoms with E-state index in [4.69, 9.17) is 0 Å². The molecule has 1 amide bonds. The molecule has 0 spiro atoms. The fraction of sp³-hybridized carbons (Fsp3) is 0.480. The number of rotatable bonds is 6. The molecule has 4 rings (SSSR count). The monoisotopic (exact) mass is 445 g/mol. The Kier molecular flexibility index (Phi) is 7.04. The molecule has 0 unspecified atom stereocenters. The Hall–Kier alpha value is -2.54. The summed E-state index contributed by atoms with van der Waals surface area (Å²) >= 11 is 0. The van der Waals surface area contributed by atoms with Crippen LogP contribution in [-0.2, 0) is 12.7 Å². The lowest BCUT2D eigenvalue weighted by atomic mass is 10.0. The molecule has 2 fully saturated rings. The molecule has 1 saturated carbocycles. The van der Waals surface area contributed by atoms with E-state index in [0.29, 0.717) is 23.7 Å². The maximum atomic E-state index is 12.9. The Labute approximate surface area is 187 Å². The lowest BCUT2D eigenvalue weighted by Gasteiger charge is -2.34. The zero-order chi connectivity index (χ0) is 22.6. The molecule has 172 valence electrons. The largest absolute Gasteiger partial charge is 0.416 e. The summed E-state index contributed by atoms with van der Waals surface area (Å²) in [5.74, 6) is 0.000880. The van der Waals surface area contributed by atoms with E-state index in [-0.39, 0.29) is 11.9 Å². The zero-order valence-electron chi connectivity index (χ0n) is 18.1. The Morgan fingerprint density at radius 1 is 0.938 bits per heavy atom. The van der Waals surface area contributed by atoms with Crippen molar-refractivity contribution in [3.05, 3.63) is 65.2 Å². The summed E-state index contributed by atoms with van der Waals surface area (Å²) in [6, 6.07) is 13.9. The van der Waals surface area contributed by atoms with Crippen LogP contribution in [0.2, 0.25) is 0 Å². The topological polar surface area (TPSA) is 44.4 Å². The molecule has 1 aliphatic heterocycles. The average Bonchev–Trinajstić information content (AvgIpc) is 3.31. The van der Waals surface area contributed by atoms with E-state index < -0.39 is 11.7 Å². The number of amides is 1. The average molecular weight is 446 g/mol. The van der Waals surface area contributed by atoms with Crippen molar-refractivity contribution in [1.29, 1.82) is 0 Å². The zero-order valence-corrected chi connectivity index (χ0v) is 18.1. The minimum Gasteiger partial charge on any atom is -0.371 e.